The smallest absolute Gasteiger partial charge is 0.0628 e. The molecule has 1 rings (SSSR count). The average Bonchev–Trinajstić information content (AvgIpc) is 2.38. The standard InChI is InChI=1S/C8H13NS/c1-3-4-7(2)8-5-10-6-9-8/h3,6-8H,1,4-5H2,2H3/t7?,8-/m0/s1. The van der Waals surface area contributed by atoms with Gasteiger partial charge in [-0.25, -0.2) is 0 Å². The highest BCUT2D eigenvalue weighted by atomic mass is 32.2. The summed E-state index contributed by atoms with van der Waals surface area (Å²) in [5.41, 5.74) is 1.96. The third-order valence-electron chi connectivity index (χ3n) is 1.79. The molecule has 0 saturated heterocycles. The van der Waals surface area contributed by atoms with Crippen LogP contribution in [-0.2, 0) is 0 Å². The molecule has 0 spiro atoms. The van der Waals surface area contributed by atoms with Crippen LogP contribution in [-0.4, -0.2) is 17.3 Å². The van der Waals surface area contributed by atoms with Crippen LogP contribution in [0, 0.1) is 5.92 Å². The highest BCUT2D eigenvalue weighted by Gasteiger charge is 2.17. The van der Waals surface area contributed by atoms with E-state index in [1.54, 1.807) is 0 Å². The molecule has 0 aliphatic carbocycles. The molecule has 2 atom stereocenters. The van der Waals surface area contributed by atoms with Crippen molar-refractivity contribution in [1.29, 1.82) is 0 Å². The molecule has 0 radical (unpaired) electrons. The molecule has 10 heavy (non-hydrogen) atoms. The molecule has 0 saturated carbocycles. The van der Waals surface area contributed by atoms with Crippen molar-refractivity contribution in [3.8, 4) is 0 Å². The summed E-state index contributed by atoms with van der Waals surface area (Å²) in [6.07, 6.45) is 3.06. The van der Waals surface area contributed by atoms with Crippen LogP contribution in [0.5, 0.6) is 0 Å². The van der Waals surface area contributed by atoms with Crippen LogP contribution in [0.25, 0.3) is 0 Å². The van der Waals surface area contributed by atoms with E-state index < -0.39 is 0 Å². The number of aliphatic imine (C=N–C) groups is 1. The molecular weight excluding hydrogens is 142 g/mol. The maximum atomic E-state index is 4.34. The number of hydrogen-bond donors (Lipinski definition) is 0. The quantitative estimate of drug-likeness (QED) is 0.570. The highest BCUT2D eigenvalue weighted by Crippen LogP contribution is 2.20. The third kappa shape index (κ3) is 1.87. The van der Waals surface area contributed by atoms with Gasteiger partial charge in [0, 0.05) is 5.75 Å². The van der Waals surface area contributed by atoms with Crippen LogP contribution in [0.3, 0.4) is 0 Å². The summed E-state index contributed by atoms with van der Waals surface area (Å²) in [5, 5.41) is 0. The van der Waals surface area contributed by atoms with Gasteiger partial charge < -0.3 is 0 Å². The lowest BCUT2D eigenvalue weighted by Gasteiger charge is -2.12. The van der Waals surface area contributed by atoms with Crippen molar-refractivity contribution in [2.45, 2.75) is 19.4 Å². The predicted molar refractivity (Wildman–Crippen MR) is 48.7 cm³/mol. The normalized spacial score (nSPS) is 26.7. The minimum absolute atomic E-state index is 0.544. The van der Waals surface area contributed by atoms with Crippen molar-refractivity contribution in [3.63, 3.8) is 0 Å². The van der Waals surface area contributed by atoms with Gasteiger partial charge in [0.05, 0.1) is 11.6 Å². The van der Waals surface area contributed by atoms with Crippen LogP contribution in [0.1, 0.15) is 13.3 Å². The Morgan fingerprint density at radius 2 is 2.80 bits per heavy atom. The molecule has 0 amide bonds. The zero-order valence-electron chi connectivity index (χ0n) is 6.29. The van der Waals surface area contributed by atoms with Crippen LogP contribution >= 0.6 is 11.8 Å². The second-order valence-electron chi connectivity index (χ2n) is 2.66. The molecule has 56 valence electrons. The SMILES string of the molecule is C=CCC(C)[C@@H]1CSC=N1. The topological polar surface area (TPSA) is 12.4 Å². The molecule has 2 heteroatoms. The second kappa shape index (κ2) is 3.81. The number of hydrogen-bond acceptors (Lipinski definition) is 2. The molecule has 1 nitrogen and oxygen atoms in total. The van der Waals surface area contributed by atoms with Gasteiger partial charge in [0.15, 0.2) is 0 Å². The Hall–Kier alpha value is -0.240. The first-order valence-corrected chi connectivity index (χ1v) is 4.63. The fourth-order valence-corrected chi connectivity index (χ4v) is 1.98. The van der Waals surface area contributed by atoms with Crippen molar-refractivity contribution < 1.29 is 0 Å². The summed E-state index contributed by atoms with van der Waals surface area (Å²) in [6, 6.07) is 0.544. The van der Waals surface area contributed by atoms with E-state index in [0.29, 0.717) is 12.0 Å². The molecule has 0 aromatic rings. The fraction of sp³-hybridized carbons (Fsp3) is 0.625. The van der Waals surface area contributed by atoms with Crippen molar-refractivity contribution in [1.82, 2.24) is 0 Å². The van der Waals surface area contributed by atoms with Crippen LogP contribution in [0.4, 0.5) is 0 Å². The van der Waals surface area contributed by atoms with Crippen molar-refractivity contribution in [3.05, 3.63) is 12.7 Å². The lowest BCUT2D eigenvalue weighted by atomic mass is 10.0. The summed E-state index contributed by atoms with van der Waals surface area (Å²) in [7, 11) is 0. The van der Waals surface area contributed by atoms with Gasteiger partial charge in [-0.05, 0) is 12.3 Å². The second-order valence-corrected chi connectivity index (χ2v) is 3.53. The Bertz CT molecular complexity index is 142. The van der Waals surface area contributed by atoms with E-state index in [2.05, 4.69) is 18.5 Å². The summed E-state index contributed by atoms with van der Waals surface area (Å²) in [4.78, 5) is 4.34. The minimum atomic E-state index is 0.544. The number of rotatable bonds is 3. The Morgan fingerprint density at radius 3 is 3.30 bits per heavy atom. The van der Waals surface area contributed by atoms with Crippen LogP contribution in [0.15, 0.2) is 17.6 Å². The molecule has 0 fully saturated rings. The number of allylic oxidation sites excluding steroid dienone is 1. The van der Waals surface area contributed by atoms with E-state index in [1.165, 1.54) is 0 Å². The maximum absolute atomic E-state index is 4.34. The maximum Gasteiger partial charge on any atom is 0.0628 e. The Labute approximate surface area is 66.6 Å². The van der Waals surface area contributed by atoms with E-state index in [1.807, 2.05) is 23.4 Å². The average molecular weight is 155 g/mol. The lowest BCUT2D eigenvalue weighted by molar-refractivity contribution is 0.504. The molecule has 0 aromatic carbocycles. The molecule has 0 bridgehead atoms. The van der Waals surface area contributed by atoms with E-state index in [-0.39, 0.29) is 0 Å². The number of nitrogens with zero attached hydrogens (tertiary/aromatic N) is 1. The molecule has 1 aliphatic heterocycles. The third-order valence-corrected chi connectivity index (χ3v) is 2.59. The van der Waals surface area contributed by atoms with Gasteiger partial charge in [0.1, 0.15) is 0 Å². The van der Waals surface area contributed by atoms with Crippen LogP contribution < -0.4 is 0 Å². The van der Waals surface area contributed by atoms with Gasteiger partial charge in [-0.15, -0.1) is 18.3 Å². The Balaban J connectivity index is 2.32. The van der Waals surface area contributed by atoms with Gasteiger partial charge in [0.2, 0.25) is 0 Å². The molecule has 0 N–H and O–H groups in total. The van der Waals surface area contributed by atoms with Crippen molar-refractivity contribution in [2.75, 3.05) is 5.75 Å². The van der Waals surface area contributed by atoms with Crippen LogP contribution in [0.2, 0.25) is 0 Å². The molecule has 1 aliphatic rings. The molecule has 0 aromatic heterocycles. The summed E-state index contributed by atoms with van der Waals surface area (Å²) >= 11 is 1.81. The summed E-state index contributed by atoms with van der Waals surface area (Å²) < 4.78 is 0. The van der Waals surface area contributed by atoms with E-state index >= 15 is 0 Å². The number of thioether (sulfide) groups is 1. The van der Waals surface area contributed by atoms with Gasteiger partial charge in [-0.3, -0.25) is 4.99 Å². The van der Waals surface area contributed by atoms with Crippen molar-refractivity contribution >= 4 is 17.3 Å². The van der Waals surface area contributed by atoms with E-state index in [4.69, 9.17) is 0 Å². The van der Waals surface area contributed by atoms with Crippen molar-refractivity contribution in [2.24, 2.45) is 10.9 Å². The predicted octanol–water partition coefficient (Wildman–Crippen LogP) is 2.34. The van der Waals surface area contributed by atoms with Gasteiger partial charge >= 0.3 is 0 Å². The first-order valence-electron chi connectivity index (χ1n) is 3.58. The minimum Gasteiger partial charge on any atom is -0.282 e. The molecule has 1 unspecified atom stereocenters. The lowest BCUT2D eigenvalue weighted by Crippen LogP contribution is -2.14. The molecular formula is C8H13NS. The first kappa shape index (κ1) is 7.86. The molecule has 1 heterocycles. The zero-order valence-corrected chi connectivity index (χ0v) is 7.10. The zero-order chi connectivity index (χ0) is 7.40. The van der Waals surface area contributed by atoms with E-state index in [9.17, 15) is 0 Å². The monoisotopic (exact) mass is 155 g/mol. The van der Waals surface area contributed by atoms with Gasteiger partial charge in [0.25, 0.3) is 0 Å². The fourth-order valence-electron chi connectivity index (χ4n) is 1.04. The highest BCUT2D eigenvalue weighted by molar-refractivity contribution is 8.12. The van der Waals surface area contributed by atoms with Gasteiger partial charge in [-0.1, -0.05) is 13.0 Å². The summed E-state index contributed by atoms with van der Waals surface area (Å²) in [6.45, 7) is 5.95. The first-order chi connectivity index (χ1) is 4.84. The summed E-state index contributed by atoms with van der Waals surface area (Å²) in [5.74, 6) is 1.83. The largest absolute Gasteiger partial charge is 0.282 e. The van der Waals surface area contributed by atoms with Gasteiger partial charge in [-0.2, -0.15) is 0 Å². The Kier molecular flexibility index (Phi) is 3.00. The van der Waals surface area contributed by atoms with E-state index in [0.717, 1.165) is 12.2 Å². The Morgan fingerprint density at radius 1 is 2.00 bits per heavy atom.